The molecule has 1 atom stereocenters. The summed E-state index contributed by atoms with van der Waals surface area (Å²) in [6, 6.07) is 0. The van der Waals surface area contributed by atoms with Gasteiger partial charge in [-0.05, 0) is 6.42 Å². The van der Waals surface area contributed by atoms with E-state index in [4.69, 9.17) is 14.2 Å². The van der Waals surface area contributed by atoms with Crippen molar-refractivity contribution in [2.24, 2.45) is 5.92 Å². The molecule has 152 valence electrons. The second-order valence-electron chi connectivity index (χ2n) is 5.87. The Balaban J connectivity index is 3.33. The first kappa shape index (κ1) is 24.5. The Bertz CT molecular complexity index is 403. The number of hydrogen-bond acceptors (Lipinski definition) is 6. The van der Waals surface area contributed by atoms with E-state index in [0.29, 0.717) is 52.5 Å². The lowest BCUT2D eigenvalue weighted by atomic mass is 10.1. The van der Waals surface area contributed by atoms with Crippen molar-refractivity contribution in [1.29, 1.82) is 0 Å². The van der Waals surface area contributed by atoms with Crippen molar-refractivity contribution in [2.75, 3.05) is 52.7 Å². The van der Waals surface area contributed by atoms with E-state index >= 15 is 0 Å². The number of carbonyl (C=O) groups excluding carboxylic acids is 3. The minimum absolute atomic E-state index is 0.0230. The lowest BCUT2D eigenvalue weighted by Gasteiger charge is -2.10. The average molecular weight is 374 g/mol. The van der Waals surface area contributed by atoms with Crippen LogP contribution >= 0.6 is 0 Å². The van der Waals surface area contributed by atoms with E-state index in [1.54, 1.807) is 6.92 Å². The first-order valence-corrected chi connectivity index (χ1v) is 9.30. The van der Waals surface area contributed by atoms with Crippen LogP contribution < -0.4 is 10.6 Å². The smallest absolute Gasteiger partial charge is 0.222 e. The standard InChI is InChI=1S/C18H34N2O6/c1-4-15(3)18(23)20-8-10-25-13-12-24-9-6-17(22)19-7-11-26-14-16(21)5-2/h15H,4-14H2,1-3H3,(H,19,22)(H,20,23). The van der Waals surface area contributed by atoms with Crippen molar-refractivity contribution in [3.05, 3.63) is 0 Å². The van der Waals surface area contributed by atoms with Crippen LogP contribution in [-0.2, 0) is 28.6 Å². The first-order chi connectivity index (χ1) is 12.5. The molecule has 2 amide bonds. The summed E-state index contributed by atoms with van der Waals surface area (Å²) in [4.78, 5) is 34.1. The molecular weight excluding hydrogens is 340 g/mol. The van der Waals surface area contributed by atoms with Gasteiger partial charge in [0.1, 0.15) is 6.61 Å². The van der Waals surface area contributed by atoms with Crippen LogP contribution in [0, 0.1) is 5.92 Å². The zero-order chi connectivity index (χ0) is 19.6. The predicted molar refractivity (Wildman–Crippen MR) is 97.8 cm³/mol. The van der Waals surface area contributed by atoms with Crippen molar-refractivity contribution in [1.82, 2.24) is 10.6 Å². The second kappa shape index (κ2) is 16.9. The molecule has 8 heteroatoms. The number of nitrogens with one attached hydrogen (secondary N) is 2. The number of hydrogen-bond donors (Lipinski definition) is 2. The molecule has 0 radical (unpaired) electrons. The molecule has 0 heterocycles. The lowest BCUT2D eigenvalue weighted by molar-refractivity contribution is -0.125. The number of ketones is 1. The van der Waals surface area contributed by atoms with Gasteiger partial charge in [-0.2, -0.15) is 0 Å². The summed E-state index contributed by atoms with van der Waals surface area (Å²) < 4.78 is 15.8. The van der Waals surface area contributed by atoms with Gasteiger partial charge in [0, 0.05) is 31.8 Å². The molecule has 0 aliphatic heterocycles. The lowest BCUT2D eigenvalue weighted by Crippen LogP contribution is -2.32. The van der Waals surface area contributed by atoms with Crippen LogP contribution in [0.5, 0.6) is 0 Å². The maximum Gasteiger partial charge on any atom is 0.222 e. The molecule has 8 nitrogen and oxygen atoms in total. The summed E-state index contributed by atoms with van der Waals surface area (Å²) in [7, 11) is 0. The van der Waals surface area contributed by atoms with Crippen LogP contribution in [0.2, 0.25) is 0 Å². The quantitative estimate of drug-likeness (QED) is 0.363. The van der Waals surface area contributed by atoms with Gasteiger partial charge in [-0.25, -0.2) is 0 Å². The predicted octanol–water partition coefficient (Wildman–Crippen LogP) is 0.684. The summed E-state index contributed by atoms with van der Waals surface area (Å²) in [5.74, 6) is -0.00969. The molecule has 0 rings (SSSR count). The third kappa shape index (κ3) is 14.8. The summed E-state index contributed by atoms with van der Waals surface area (Å²) in [5, 5.41) is 5.49. The normalized spacial score (nSPS) is 11.8. The topological polar surface area (TPSA) is 103 Å². The Morgan fingerprint density at radius 2 is 1.46 bits per heavy atom. The zero-order valence-electron chi connectivity index (χ0n) is 16.3. The Kier molecular flexibility index (Phi) is 15.9. The van der Waals surface area contributed by atoms with E-state index in [-0.39, 0.29) is 36.5 Å². The van der Waals surface area contributed by atoms with E-state index in [9.17, 15) is 14.4 Å². The SMILES string of the molecule is CCC(=O)COCCNC(=O)CCOCCOCCNC(=O)C(C)CC. The van der Waals surface area contributed by atoms with Gasteiger partial charge in [0.2, 0.25) is 11.8 Å². The van der Waals surface area contributed by atoms with Gasteiger partial charge in [0.25, 0.3) is 0 Å². The molecule has 26 heavy (non-hydrogen) atoms. The maximum atomic E-state index is 11.5. The van der Waals surface area contributed by atoms with Gasteiger partial charge >= 0.3 is 0 Å². The third-order valence-corrected chi connectivity index (χ3v) is 3.68. The number of ether oxygens (including phenoxy) is 3. The maximum absolute atomic E-state index is 11.5. The molecule has 1 unspecified atom stereocenters. The molecule has 0 aromatic rings. The number of carbonyl (C=O) groups is 3. The number of rotatable bonds is 17. The molecule has 0 fully saturated rings. The fraction of sp³-hybridized carbons (Fsp3) is 0.833. The fourth-order valence-electron chi connectivity index (χ4n) is 1.73. The highest BCUT2D eigenvalue weighted by molar-refractivity contribution is 5.79. The Hall–Kier alpha value is -1.51. The van der Waals surface area contributed by atoms with Crippen molar-refractivity contribution in [3.8, 4) is 0 Å². The molecule has 0 saturated heterocycles. The molecule has 2 N–H and O–H groups in total. The van der Waals surface area contributed by atoms with E-state index in [2.05, 4.69) is 10.6 Å². The Labute approximate surface area is 156 Å². The van der Waals surface area contributed by atoms with Crippen molar-refractivity contribution in [2.45, 2.75) is 40.0 Å². The van der Waals surface area contributed by atoms with Crippen LogP contribution in [0.25, 0.3) is 0 Å². The van der Waals surface area contributed by atoms with Gasteiger partial charge < -0.3 is 24.8 Å². The minimum atomic E-state index is -0.121. The Morgan fingerprint density at radius 1 is 0.846 bits per heavy atom. The van der Waals surface area contributed by atoms with E-state index in [1.807, 2.05) is 13.8 Å². The number of amides is 2. The molecular formula is C18H34N2O6. The van der Waals surface area contributed by atoms with Crippen LogP contribution in [0.1, 0.15) is 40.0 Å². The summed E-state index contributed by atoms with van der Waals surface area (Å²) in [6.07, 6.45) is 1.54. The highest BCUT2D eigenvalue weighted by Gasteiger charge is 2.08. The highest BCUT2D eigenvalue weighted by Crippen LogP contribution is 1.98. The van der Waals surface area contributed by atoms with Crippen molar-refractivity contribution < 1.29 is 28.6 Å². The molecule has 0 aromatic carbocycles. The molecule has 0 aromatic heterocycles. The van der Waals surface area contributed by atoms with Gasteiger partial charge in [-0.15, -0.1) is 0 Å². The number of Topliss-reactive ketones (excluding diaryl/α,β-unsaturated/α-hetero) is 1. The van der Waals surface area contributed by atoms with Crippen LogP contribution in [0.15, 0.2) is 0 Å². The van der Waals surface area contributed by atoms with Gasteiger partial charge in [-0.3, -0.25) is 14.4 Å². The second-order valence-corrected chi connectivity index (χ2v) is 5.87. The van der Waals surface area contributed by atoms with E-state index in [0.717, 1.165) is 6.42 Å². The minimum Gasteiger partial charge on any atom is -0.379 e. The van der Waals surface area contributed by atoms with Gasteiger partial charge in [0.15, 0.2) is 5.78 Å². The molecule has 0 bridgehead atoms. The van der Waals surface area contributed by atoms with Crippen LogP contribution in [-0.4, -0.2) is 70.3 Å². The molecule has 0 saturated carbocycles. The van der Waals surface area contributed by atoms with Crippen molar-refractivity contribution in [3.63, 3.8) is 0 Å². The fourth-order valence-corrected chi connectivity index (χ4v) is 1.73. The largest absolute Gasteiger partial charge is 0.379 e. The van der Waals surface area contributed by atoms with E-state index < -0.39 is 0 Å². The van der Waals surface area contributed by atoms with Crippen molar-refractivity contribution >= 4 is 17.6 Å². The zero-order valence-corrected chi connectivity index (χ0v) is 16.3. The molecule has 0 spiro atoms. The summed E-state index contributed by atoms with van der Waals surface area (Å²) in [5.41, 5.74) is 0. The first-order valence-electron chi connectivity index (χ1n) is 9.30. The van der Waals surface area contributed by atoms with Crippen LogP contribution in [0.4, 0.5) is 0 Å². The highest BCUT2D eigenvalue weighted by atomic mass is 16.5. The molecule has 0 aliphatic carbocycles. The molecule has 0 aliphatic rings. The summed E-state index contributed by atoms with van der Waals surface area (Å²) in [6.45, 7) is 8.48. The summed E-state index contributed by atoms with van der Waals surface area (Å²) >= 11 is 0. The van der Waals surface area contributed by atoms with E-state index in [1.165, 1.54) is 0 Å². The Morgan fingerprint density at radius 3 is 2.12 bits per heavy atom. The average Bonchev–Trinajstić information content (AvgIpc) is 2.65. The van der Waals surface area contributed by atoms with Gasteiger partial charge in [0.05, 0.1) is 33.0 Å². The third-order valence-electron chi connectivity index (χ3n) is 3.68. The van der Waals surface area contributed by atoms with Gasteiger partial charge in [-0.1, -0.05) is 20.8 Å². The monoisotopic (exact) mass is 374 g/mol. The van der Waals surface area contributed by atoms with Crippen LogP contribution in [0.3, 0.4) is 0 Å².